The first kappa shape index (κ1) is 18.8. The molecule has 2 aliphatic heterocycles. The topological polar surface area (TPSA) is 62.6 Å². The molecule has 27 heavy (non-hydrogen) atoms. The maximum atomic E-state index is 6.19. The summed E-state index contributed by atoms with van der Waals surface area (Å²) in [5, 5.41) is 5.23. The Bertz CT molecular complexity index is 858. The molecule has 9 heteroatoms. The van der Waals surface area contributed by atoms with Crippen LogP contribution in [0.4, 0.5) is 11.8 Å². The zero-order valence-electron chi connectivity index (χ0n) is 14.6. The standard InChI is InChI=1S/C18H19Cl2N5OS/c19-14-3-1-2-12(16(14)20)10-21-24-18-22-15-4-9-27-11-13(15)17(23-18)25-5-7-26-8-6-25/h1-3,10H,4-9,11H2,(H,22,23,24)/b21-10+. The highest BCUT2D eigenvalue weighted by molar-refractivity contribution is 7.98. The van der Waals surface area contributed by atoms with Gasteiger partial charge >= 0.3 is 0 Å². The monoisotopic (exact) mass is 423 g/mol. The van der Waals surface area contributed by atoms with Crippen molar-refractivity contribution in [1.82, 2.24) is 9.97 Å². The van der Waals surface area contributed by atoms with Crippen molar-refractivity contribution in [3.05, 3.63) is 45.1 Å². The number of aryl methyl sites for hydroxylation is 1. The van der Waals surface area contributed by atoms with E-state index in [4.69, 9.17) is 32.9 Å². The van der Waals surface area contributed by atoms with Gasteiger partial charge in [-0.15, -0.1) is 0 Å². The lowest BCUT2D eigenvalue weighted by Crippen LogP contribution is -2.38. The molecule has 4 rings (SSSR count). The highest BCUT2D eigenvalue weighted by Crippen LogP contribution is 2.32. The summed E-state index contributed by atoms with van der Waals surface area (Å²) in [6.45, 7) is 3.13. The van der Waals surface area contributed by atoms with Gasteiger partial charge < -0.3 is 9.64 Å². The van der Waals surface area contributed by atoms with Gasteiger partial charge in [0.2, 0.25) is 5.95 Å². The van der Waals surface area contributed by atoms with Gasteiger partial charge in [-0.1, -0.05) is 35.3 Å². The van der Waals surface area contributed by atoms with E-state index in [0.717, 1.165) is 61.3 Å². The van der Waals surface area contributed by atoms with Gasteiger partial charge in [0.25, 0.3) is 0 Å². The third-order valence-electron chi connectivity index (χ3n) is 4.46. The smallest absolute Gasteiger partial charge is 0.245 e. The number of nitrogens with one attached hydrogen (secondary N) is 1. The molecule has 0 radical (unpaired) electrons. The van der Waals surface area contributed by atoms with E-state index in [0.29, 0.717) is 16.0 Å². The van der Waals surface area contributed by atoms with Crippen molar-refractivity contribution in [2.45, 2.75) is 12.2 Å². The lowest BCUT2D eigenvalue weighted by molar-refractivity contribution is 0.122. The Morgan fingerprint density at radius 3 is 2.93 bits per heavy atom. The number of nitrogens with zero attached hydrogens (tertiary/aromatic N) is 4. The number of fused-ring (bicyclic) bond motifs is 1. The molecule has 6 nitrogen and oxygen atoms in total. The minimum atomic E-state index is 0.474. The van der Waals surface area contributed by atoms with Crippen molar-refractivity contribution in [1.29, 1.82) is 0 Å². The Labute approximate surface area is 172 Å². The SMILES string of the molecule is Clc1cccc(/C=N/Nc2nc3c(c(N4CCOCC4)n2)CSCC3)c1Cl. The molecule has 2 aliphatic rings. The highest BCUT2D eigenvalue weighted by atomic mass is 35.5. The van der Waals surface area contributed by atoms with Gasteiger partial charge in [0.1, 0.15) is 5.82 Å². The number of benzene rings is 1. The minimum absolute atomic E-state index is 0.474. The third-order valence-corrected chi connectivity index (χ3v) is 6.28. The lowest BCUT2D eigenvalue weighted by Gasteiger charge is -2.31. The molecule has 0 saturated carbocycles. The van der Waals surface area contributed by atoms with Crippen LogP contribution in [0.25, 0.3) is 0 Å². The second kappa shape index (κ2) is 8.65. The molecule has 0 spiro atoms. The first-order chi connectivity index (χ1) is 13.2. The molecular weight excluding hydrogens is 405 g/mol. The van der Waals surface area contributed by atoms with Gasteiger partial charge in [0.15, 0.2) is 0 Å². The third kappa shape index (κ3) is 4.32. The molecule has 2 aromatic rings. The van der Waals surface area contributed by atoms with Gasteiger partial charge in [-0.2, -0.15) is 21.8 Å². The average Bonchev–Trinajstić information content (AvgIpc) is 2.71. The molecule has 1 fully saturated rings. The van der Waals surface area contributed by atoms with Crippen LogP contribution in [-0.2, 0) is 16.9 Å². The molecule has 0 aliphatic carbocycles. The Balaban J connectivity index is 1.59. The number of halogens is 2. The zero-order chi connectivity index (χ0) is 18.6. The van der Waals surface area contributed by atoms with E-state index in [9.17, 15) is 0 Å². The molecule has 1 aromatic heterocycles. The molecule has 0 atom stereocenters. The van der Waals surface area contributed by atoms with Crippen molar-refractivity contribution >= 4 is 52.9 Å². The second-order valence-corrected chi connectivity index (χ2v) is 8.10. The van der Waals surface area contributed by atoms with Crippen LogP contribution in [0, 0.1) is 0 Å². The molecule has 142 valence electrons. The molecular formula is C18H19Cl2N5OS. The number of morpholine rings is 1. The molecule has 0 bridgehead atoms. The van der Waals surface area contributed by atoms with E-state index in [1.165, 1.54) is 5.56 Å². The van der Waals surface area contributed by atoms with Crippen LogP contribution in [0.5, 0.6) is 0 Å². The molecule has 0 amide bonds. The first-order valence-corrected chi connectivity index (χ1v) is 10.7. The van der Waals surface area contributed by atoms with Crippen LogP contribution in [0.3, 0.4) is 0 Å². The summed E-state index contributed by atoms with van der Waals surface area (Å²) in [5.41, 5.74) is 6.02. The Kier molecular flexibility index (Phi) is 6.02. The fourth-order valence-electron chi connectivity index (χ4n) is 3.08. The first-order valence-electron chi connectivity index (χ1n) is 8.75. The van der Waals surface area contributed by atoms with E-state index < -0.39 is 0 Å². The average molecular weight is 424 g/mol. The number of ether oxygens (including phenoxy) is 1. The minimum Gasteiger partial charge on any atom is -0.378 e. The van der Waals surface area contributed by atoms with E-state index in [2.05, 4.69) is 20.4 Å². The Hall–Kier alpha value is -1.54. The molecule has 0 unspecified atom stereocenters. The lowest BCUT2D eigenvalue weighted by atomic mass is 10.1. The van der Waals surface area contributed by atoms with Crippen LogP contribution in [0.2, 0.25) is 10.0 Å². The quantitative estimate of drug-likeness (QED) is 0.594. The predicted molar refractivity (Wildman–Crippen MR) is 113 cm³/mol. The fraction of sp³-hybridized carbons (Fsp3) is 0.389. The maximum Gasteiger partial charge on any atom is 0.245 e. The van der Waals surface area contributed by atoms with E-state index in [-0.39, 0.29) is 0 Å². The Morgan fingerprint density at radius 2 is 2.07 bits per heavy atom. The van der Waals surface area contributed by atoms with Crippen molar-refractivity contribution in [2.75, 3.05) is 42.4 Å². The van der Waals surface area contributed by atoms with Gasteiger partial charge in [0, 0.05) is 30.0 Å². The Morgan fingerprint density at radius 1 is 1.22 bits per heavy atom. The highest BCUT2D eigenvalue weighted by Gasteiger charge is 2.23. The van der Waals surface area contributed by atoms with E-state index in [1.807, 2.05) is 23.9 Å². The maximum absolute atomic E-state index is 6.19. The molecule has 3 heterocycles. The molecule has 1 saturated heterocycles. The van der Waals surface area contributed by atoms with Gasteiger partial charge in [-0.3, -0.25) is 0 Å². The second-order valence-electron chi connectivity index (χ2n) is 6.21. The summed E-state index contributed by atoms with van der Waals surface area (Å²) in [7, 11) is 0. The van der Waals surface area contributed by atoms with Gasteiger partial charge in [-0.05, 0) is 18.2 Å². The summed E-state index contributed by atoms with van der Waals surface area (Å²) in [5.74, 6) is 3.52. The summed E-state index contributed by atoms with van der Waals surface area (Å²) < 4.78 is 5.48. The van der Waals surface area contributed by atoms with Crippen molar-refractivity contribution in [3.63, 3.8) is 0 Å². The number of aromatic nitrogens is 2. The molecule has 1 aromatic carbocycles. The van der Waals surface area contributed by atoms with Crippen LogP contribution in [0.1, 0.15) is 16.8 Å². The number of hydrogen-bond donors (Lipinski definition) is 1. The number of hydrazone groups is 1. The zero-order valence-corrected chi connectivity index (χ0v) is 16.9. The number of rotatable bonds is 4. The normalized spacial score (nSPS) is 17.2. The summed E-state index contributed by atoms with van der Waals surface area (Å²) in [4.78, 5) is 11.7. The van der Waals surface area contributed by atoms with Crippen LogP contribution in [-0.4, -0.2) is 48.2 Å². The number of thioether (sulfide) groups is 1. The molecule has 1 N–H and O–H groups in total. The van der Waals surface area contributed by atoms with Crippen LogP contribution in [0.15, 0.2) is 23.3 Å². The summed E-state index contributed by atoms with van der Waals surface area (Å²) in [6, 6.07) is 5.43. The van der Waals surface area contributed by atoms with Crippen LogP contribution < -0.4 is 10.3 Å². The number of anilines is 2. The van der Waals surface area contributed by atoms with E-state index in [1.54, 1.807) is 12.3 Å². The van der Waals surface area contributed by atoms with E-state index >= 15 is 0 Å². The summed E-state index contributed by atoms with van der Waals surface area (Å²) in [6.07, 6.45) is 2.57. The van der Waals surface area contributed by atoms with Crippen molar-refractivity contribution < 1.29 is 4.74 Å². The van der Waals surface area contributed by atoms with Crippen molar-refractivity contribution in [3.8, 4) is 0 Å². The van der Waals surface area contributed by atoms with Crippen LogP contribution >= 0.6 is 35.0 Å². The predicted octanol–water partition coefficient (Wildman–Crippen LogP) is 3.86. The van der Waals surface area contributed by atoms with Gasteiger partial charge in [-0.25, -0.2) is 10.4 Å². The van der Waals surface area contributed by atoms with Gasteiger partial charge in [0.05, 0.1) is 35.2 Å². The number of hydrogen-bond acceptors (Lipinski definition) is 7. The largest absolute Gasteiger partial charge is 0.378 e. The van der Waals surface area contributed by atoms with Crippen molar-refractivity contribution in [2.24, 2.45) is 5.10 Å². The summed E-state index contributed by atoms with van der Waals surface area (Å²) >= 11 is 14.2. The fourth-order valence-corrected chi connectivity index (χ4v) is 4.42.